The predicted octanol–water partition coefficient (Wildman–Crippen LogP) is 2.30. The summed E-state index contributed by atoms with van der Waals surface area (Å²) < 4.78 is 5.22. The number of carbonyl (C=O) groups excluding carboxylic acids is 2. The Morgan fingerprint density at radius 2 is 2.14 bits per heavy atom. The van der Waals surface area contributed by atoms with Crippen LogP contribution in [-0.2, 0) is 14.3 Å². The zero-order valence-corrected chi connectivity index (χ0v) is 14.9. The van der Waals surface area contributed by atoms with Gasteiger partial charge in [0, 0.05) is 10.6 Å². The molecule has 0 aliphatic heterocycles. The highest BCUT2D eigenvalue weighted by molar-refractivity contribution is 9.10. The van der Waals surface area contributed by atoms with Crippen molar-refractivity contribution in [2.45, 2.75) is 19.4 Å². The van der Waals surface area contributed by atoms with Crippen molar-refractivity contribution in [1.82, 2.24) is 5.32 Å². The van der Waals surface area contributed by atoms with Gasteiger partial charge in [-0.25, -0.2) is 0 Å². The number of nitrogens with one attached hydrogen (secondary N) is 1. The minimum atomic E-state index is -0.782. The monoisotopic (exact) mass is 414 g/mol. The molecule has 124 valence electrons. The summed E-state index contributed by atoms with van der Waals surface area (Å²) >= 11 is 9.10. The third-order valence-electron chi connectivity index (χ3n) is 2.63. The molecule has 0 heterocycles. The zero-order chi connectivity index (χ0) is 16.0. The number of benzene rings is 1. The van der Waals surface area contributed by atoms with E-state index in [1.807, 2.05) is 0 Å². The van der Waals surface area contributed by atoms with E-state index in [4.69, 9.17) is 22.1 Å². The highest BCUT2D eigenvalue weighted by Crippen LogP contribution is 2.36. The maximum Gasteiger partial charge on any atom is 0.308 e. The van der Waals surface area contributed by atoms with E-state index in [1.165, 1.54) is 12.1 Å². The lowest BCUT2D eigenvalue weighted by atomic mass is 10.0. The highest BCUT2D eigenvalue weighted by atomic mass is 79.9. The number of nitrogens with two attached hydrogens (primary N) is 1. The Hall–Kier alpha value is -1.02. The minimum absolute atomic E-state index is 0. The molecule has 6 nitrogen and oxygen atoms in total. The fourth-order valence-corrected chi connectivity index (χ4v) is 2.56. The lowest BCUT2D eigenvalue weighted by Gasteiger charge is -2.20. The lowest BCUT2D eigenvalue weighted by Crippen LogP contribution is -2.35. The summed E-state index contributed by atoms with van der Waals surface area (Å²) in [6.07, 6.45) is -0.139. The van der Waals surface area contributed by atoms with Crippen LogP contribution in [0.25, 0.3) is 0 Å². The molecule has 0 aromatic heterocycles. The third-order valence-corrected chi connectivity index (χ3v) is 3.45. The van der Waals surface area contributed by atoms with Crippen molar-refractivity contribution in [2.75, 3.05) is 13.2 Å². The normalized spacial score (nSPS) is 11.3. The fourth-order valence-electron chi connectivity index (χ4n) is 1.73. The second-order valence-corrected chi connectivity index (χ2v) is 5.45. The zero-order valence-electron chi connectivity index (χ0n) is 11.8. The van der Waals surface area contributed by atoms with Crippen LogP contribution in [0, 0.1) is 0 Å². The van der Waals surface area contributed by atoms with Gasteiger partial charge in [-0.3, -0.25) is 9.59 Å². The van der Waals surface area contributed by atoms with Crippen molar-refractivity contribution in [3.05, 3.63) is 27.2 Å². The summed E-state index contributed by atoms with van der Waals surface area (Å²) in [6.45, 7) is 1.67. The molecule has 0 radical (unpaired) electrons. The number of phenols is 1. The average molecular weight is 416 g/mol. The fraction of sp³-hybridized carbons (Fsp3) is 0.385. The Labute approximate surface area is 147 Å². The molecule has 0 bridgehead atoms. The van der Waals surface area contributed by atoms with E-state index in [-0.39, 0.29) is 37.7 Å². The first-order chi connectivity index (χ1) is 9.88. The van der Waals surface area contributed by atoms with Crippen LogP contribution >= 0.6 is 39.9 Å². The molecule has 1 aromatic carbocycles. The van der Waals surface area contributed by atoms with Crippen LogP contribution in [0.15, 0.2) is 16.6 Å². The van der Waals surface area contributed by atoms with Crippen LogP contribution in [0.4, 0.5) is 0 Å². The molecule has 22 heavy (non-hydrogen) atoms. The first kappa shape index (κ1) is 21.0. The van der Waals surface area contributed by atoms with Gasteiger partial charge in [-0.15, -0.1) is 12.4 Å². The van der Waals surface area contributed by atoms with Gasteiger partial charge in [0.15, 0.2) is 0 Å². The van der Waals surface area contributed by atoms with E-state index in [1.54, 1.807) is 6.92 Å². The van der Waals surface area contributed by atoms with E-state index in [0.29, 0.717) is 15.1 Å². The number of esters is 1. The molecule has 1 amide bonds. The molecule has 0 fully saturated rings. The largest absolute Gasteiger partial charge is 0.506 e. The molecule has 9 heteroatoms. The van der Waals surface area contributed by atoms with Crippen molar-refractivity contribution in [1.29, 1.82) is 0 Å². The molecular formula is C13H17BrCl2N2O4. The van der Waals surface area contributed by atoms with E-state index >= 15 is 0 Å². The molecule has 0 saturated heterocycles. The summed E-state index contributed by atoms with van der Waals surface area (Å²) in [5.41, 5.74) is 5.57. The summed E-state index contributed by atoms with van der Waals surface area (Å²) in [4.78, 5) is 23.1. The van der Waals surface area contributed by atoms with Gasteiger partial charge in [0.25, 0.3) is 0 Å². The van der Waals surface area contributed by atoms with Gasteiger partial charge in [0.1, 0.15) is 5.75 Å². The van der Waals surface area contributed by atoms with Crippen LogP contribution in [0.1, 0.15) is 24.9 Å². The van der Waals surface area contributed by atoms with E-state index < -0.39 is 17.9 Å². The van der Waals surface area contributed by atoms with Crippen LogP contribution in [0.2, 0.25) is 5.02 Å². The molecule has 1 atom stereocenters. The molecule has 0 aliphatic carbocycles. The molecule has 4 N–H and O–H groups in total. The minimum Gasteiger partial charge on any atom is -0.506 e. The highest BCUT2D eigenvalue weighted by Gasteiger charge is 2.23. The number of hydrogen-bond donors (Lipinski definition) is 3. The average Bonchev–Trinajstić information content (AvgIpc) is 2.42. The topological polar surface area (TPSA) is 102 Å². The Morgan fingerprint density at radius 3 is 2.68 bits per heavy atom. The first-order valence-electron chi connectivity index (χ1n) is 6.22. The number of hydrogen-bond acceptors (Lipinski definition) is 5. The van der Waals surface area contributed by atoms with E-state index in [2.05, 4.69) is 21.2 Å². The molecule has 0 unspecified atom stereocenters. The van der Waals surface area contributed by atoms with Gasteiger partial charge in [-0.1, -0.05) is 11.6 Å². The molecule has 0 aliphatic rings. The van der Waals surface area contributed by atoms with Crippen molar-refractivity contribution in [2.24, 2.45) is 5.73 Å². The Morgan fingerprint density at radius 1 is 1.50 bits per heavy atom. The molecular weight excluding hydrogens is 399 g/mol. The number of amides is 1. The predicted molar refractivity (Wildman–Crippen MR) is 89.3 cm³/mol. The van der Waals surface area contributed by atoms with Crippen LogP contribution < -0.4 is 11.1 Å². The Balaban J connectivity index is 0.00000441. The maximum atomic E-state index is 11.6. The SMILES string of the molecule is CCOC(=O)C[C@@H](NC(=O)CN)c1cc(Cl)cc(Br)c1O.Cl. The Kier molecular flexibility index (Phi) is 9.43. The first-order valence-corrected chi connectivity index (χ1v) is 7.39. The second-order valence-electron chi connectivity index (χ2n) is 4.16. The van der Waals surface area contributed by atoms with Gasteiger partial charge in [0.2, 0.25) is 5.91 Å². The van der Waals surface area contributed by atoms with E-state index in [9.17, 15) is 14.7 Å². The van der Waals surface area contributed by atoms with Gasteiger partial charge in [-0.05, 0) is 35.0 Å². The number of phenolic OH excluding ortho intramolecular Hbond substituents is 1. The number of ether oxygens (including phenoxy) is 1. The summed E-state index contributed by atoms with van der Waals surface area (Å²) in [6, 6.07) is 2.20. The van der Waals surface area contributed by atoms with Gasteiger partial charge in [0.05, 0.1) is 30.1 Å². The molecule has 1 rings (SSSR count). The van der Waals surface area contributed by atoms with Crippen molar-refractivity contribution in [3.8, 4) is 5.75 Å². The number of rotatable bonds is 6. The van der Waals surface area contributed by atoms with Crippen LogP contribution in [0.5, 0.6) is 5.75 Å². The summed E-state index contributed by atoms with van der Waals surface area (Å²) in [5, 5.41) is 13.0. The maximum absolute atomic E-state index is 11.6. The van der Waals surface area contributed by atoms with Crippen molar-refractivity contribution in [3.63, 3.8) is 0 Å². The quantitative estimate of drug-likeness (QED) is 0.618. The Bertz CT molecular complexity index is 543. The van der Waals surface area contributed by atoms with E-state index in [0.717, 1.165) is 0 Å². The number of halogens is 3. The smallest absolute Gasteiger partial charge is 0.308 e. The molecule has 0 saturated carbocycles. The second kappa shape index (κ2) is 9.89. The van der Waals surface area contributed by atoms with Crippen molar-refractivity contribution < 1.29 is 19.4 Å². The molecule has 1 aromatic rings. The summed E-state index contributed by atoms with van der Waals surface area (Å²) in [7, 11) is 0. The van der Waals surface area contributed by atoms with Crippen LogP contribution in [-0.4, -0.2) is 30.1 Å². The van der Waals surface area contributed by atoms with Gasteiger partial charge >= 0.3 is 5.97 Å². The summed E-state index contributed by atoms with van der Waals surface area (Å²) in [5.74, 6) is -1.07. The van der Waals surface area contributed by atoms with Gasteiger partial charge in [-0.2, -0.15) is 0 Å². The van der Waals surface area contributed by atoms with Gasteiger partial charge < -0.3 is 20.9 Å². The number of aromatic hydroxyl groups is 1. The lowest BCUT2D eigenvalue weighted by molar-refractivity contribution is -0.143. The number of carbonyl (C=O) groups is 2. The third kappa shape index (κ3) is 6.00. The van der Waals surface area contributed by atoms with Crippen LogP contribution in [0.3, 0.4) is 0 Å². The standard InChI is InChI=1S/C13H16BrClN2O4.ClH/c1-2-21-12(19)5-10(17-11(18)6-16)8-3-7(15)4-9(14)13(8)20;/h3-4,10,20H,2,5-6,16H2,1H3,(H,17,18);1H/t10-;/m1./s1. The van der Waals surface area contributed by atoms with Crippen molar-refractivity contribution >= 4 is 51.8 Å². The molecule has 0 spiro atoms.